The summed E-state index contributed by atoms with van der Waals surface area (Å²) >= 11 is 3.22. The van der Waals surface area contributed by atoms with Crippen molar-refractivity contribution in [3.63, 3.8) is 0 Å². The van der Waals surface area contributed by atoms with E-state index in [2.05, 4.69) is 16.0 Å². The van der Waals surface area contributed by atoms with Crippen molar-refractivity contribution in [3.05, 3.63) is 59.0 Å². The highest BCUT2D eigenvalue weighted by atomic mass is 32.2. The van der Waals surface area contributed by atoms with Gasteiger partial charge in [-0.1, -0.05) is 47.0 Å². The van der Waals surface area contributed by atoms with Gasteiger partial charge < -0.3 is 0 Å². The van der Waals surface area contributed by atoms with E-state index < -0.39 is 0 Å². The molecule has 2 aromatic carbocycles. The van der Waals surface area contributed by atoms with Crippen molar-refractivity contribution in [1.82, 2.24) is 4.98 Å². The average Bonchev–Trinajstić information content (AvgIpc) is 3.00. The van der Waals surface area contributed by atoms with Gasteiger partial charge in [0.05, 0.1) is 15.8 Å². The van der Waals surface area contributed by atoms with Crippen LogP contribution in [0.25, 0.3) is 10.2 Å². The second-order valence-electron chi connectivity index (χ2n) is 5.32. The van der Waals surface area contributed by atoms with Crippen LogP contribution in [0.3, 0.4) is 0 Å². The highest BCUT2D eigenvalue weighted by Gasteiger charge is 2.34. The molecule has 0 bridgehead atoms. The van der Waals surface area contributed by atoms with Gasteiger partial charge in [0.25, 0.3) is 0 Å². The molecule has 2 heterocycles. The molecule has 0 radical (unpaired) electrons. The van der Waals surface area contributed by atoms with Gasteiger partial charge in [-0.05, 0) is 34.9 Å². The van der Waals surface area contributed by atoms with E-state index in [-0.39, 0.29) is 6.04 Å². The molecule has 1 aliphatic rings. The third kappa shape index (κ3) is 2.68. The van der Waals surface area contributed by atoms with Gasteiger partial charge in [0.2, 0.25) is 0 Å². The largest absolute Gasteiger partial charge is 0.348 e. The van der Waals surface area contributed by atoms with Crippen LogP contribution >= 0.6 is 23.1 Å². The van der Waals surface area contributed by atoms with Crippen molar-refractivity contribution in [3.8, 4) is 0 Å². The molecular formula is C17H14N3OS2+. The van der Waals surface area contributed by atoms with Gasteiger partial charge in [-0.3, -0.25) is 0 Å². The second-order valence-corrected chi connectivity index (χ2v) is 7.58. The van der Waals surface area contributed by atoms with Crippen molar-refractivity contribution in [2.24, 2.45) is 4.99 Å². The number of benzene rings is 2. The zero-order chi connectivity index (χ0) is 15.8. The highest BCUT2D eigenvalue weighted by molar-refractivity contribution is 8.01. The maximum atomic E-state index is 12.4. The molecule has 23 heavy (non-hydrogen) atoms. The molecule has 1 aromatic heterocycles. The lowest BCUT2D eigenvalue weighted by atomic mass is 10.0. The Bertz CT molecular complexity index is 899. The fourth-order valence-electron chi connectivity index (χ4n) is 2.62. The molecule has 0 saturated carbocycles. The van der Waals surface area contributed by atoms with Crippen molar-refractivity contribution in [2.45, 2.75) is 17.3 Å². The number of thioether (sulfide) groups is 1. The van der Waals surface area contributed by atoms with Gasteiger partial charge in [0.15, 0.2) is 16.1 Å². The monoisotopic (exact) mass is 340 g/mol. The van der Waals surface area contributed by atoms with Crippen molar-refractivity contribution in [2.75, 3.05) is 5.75 Å². The van der Waals surface area contributed by atoms with Crippen LogP contribution in [0.2, 0.25) is 0 Å². The van der Waals surface area contributed by atoms with E-state index in [4.69, 9.17) is 0 Å². The number of para-hydroxylation sites is 2. The Morgan fingerprint density at radius 3 is 2.83 bits per heavy atom. The van der Waals surface area contributed by atoms with Crippen LogP contribution in [0.5, 0.6) is 0 Å². The smallest absolute Gasteiger partial charge is 0.230 e. The number of nitroso groups, excluding NO2 is 1. The maximum Gasteiger partial charge on any atom is 0.348 e. The van der Waals surface area contributed by atoms with Gasteiger partial charge >= 0.3 is 5.84 Å². The zero-order valence-electron chi connectivity index (χ0n) is 12.5. The third-order valence-corrected chi connectivity index (χ3v) is 6.02. The van der Waals surface area contributed by atoms with Crippen molar-refractivity contribution in [1.29, 1.82) is 0 Å². The quantitative estimate of drug-likeness (QED) is 0.499. The van der Waals surface area contributed by atoms with Crippen LogP contribution in [0.1, 0.15) is 18.5 Å². The Labute approximate surface area is 141 Å². The first-order chi connectivity index (χ1) is 11.2. The van der Waals surface area contributed by atoms with Crippen LogP contribution in [-0.4, -0.2) is 21.3 Å². The maximum absolute atomic E-state index is 12.4. The predicted octanol–water partition coefficient (Wildman–Crippen LogP) is 4.97. The molecule has 114 valence electrons. The summed E-state index contributed by atoms with van der Waals surface area (Å²) < 4.78 is 3.15. The van der Waals surface area contributed by atoms with Crippen molar-refractivity contribution >= 4 is 44.8 Å². The molecular weight excluding hydrogens is 326 g/mol. The minimum Gasteiger partial charge on any atom is -0.230 e. The van der Waals surface area contributed by atoms with E-state index in [0.29, 0.717) is 11.6 Å². The molecule has 0 N–H and O–H groups in total. The molecule has 3 aromatic rings. The van der Waals surface area contributed by atoms with E-state index in [0.717, 1.165) is 25.9 Å². The summed E-state index contributed by atoms with van der Waals surface area (Å²) in [7, 11) is 0. The van der Waals surface area contributed by atoms with Gasteiger partial charge in [-0.25, -0.2) is 4.98 Å². The minimum absolute atomic E-state index is 0.199. The van der Waals surface area contributed by atoms with Crippen molar-refractivity contribution < 1.29 is 4.76 Å². The van der Waals surface area contributed by atoms with E-state index in [1.54, 1.807) is 23.1 Å². The number of hydrogen-bond acceptors (Lipinski definition) is 5. The number of amidine groups is 1. The highest BCUT2D eigenvalue weighted by Crippen LogP contribution is 2.34. The summed E-state index contributed by atoms with van der Waals surface area (Å²) in [4.78, 5) is 21.6. The van der Waals surface area contributed by atoms with E-state index in [1.807, 2.05) is 49.4 Å². The van der Waals surface area contributed by atoms with Crippen LogP contribution in [-0.2, 0) is 0 Å². The van der Waals surface area contributed by atoms with Crippen LogP contribution < -0.4 is 0 Å². The topological polar surface area (TPSA) is 45.3 Å². The molecule has 4 nitrogen and oxygen atoms in total. The van der Waals surface area contributed by atoms with Gasteiger partial charge in [-0.2, -0.15) is 0 Å². The molecule has 0 saturated heterocycles. The molecule has 0 fully saturated rings. The number of nitrogens with zero attached hydrogens (tertiary/aromatic N) is 3. The molecule has 0 aliphatic carbocycles. The van der Waals surface area contributed by atoms with Crippen LogP contribution in [0, 0.1) is 4.91 Å². The summed E-state index contributed by atoms with van der Waals surface area (Å²) in [6.07, 6.45) is 0. The normalized spacial score (nSPS) is 17.2. The summed E-state index contributed by atoms with van der Waals surface area (Å²) in [5.74, 6) is 1.09. The Morgan fingerprint density at radius 2 is 1.96 bits per heavy atom. The number of rotatable bonds is 3. The first-order valence-electron chi connectivity index (χ1n) is 7.33. The van der Waals surface area contributed by atoms with Gasteiger partial charge in [-0.15, -0.1) is 11.3 Å². The fraction of sp³-hybridized carbons (Fsp3) is 0.176. The number of fused-ring (bicyclic) bond motifs is 2. The van der Waals surface area contributed by atoms with Crippen LogP contribution in [0.15, 0.2) is 57.9 Å². The lowest BCUT2D eigenvalue weighted by molar-refractivity contribution is -0.480. The van der Waals surface area contributed by atoms with E-state index in [9.17, 15) is 4.91 Å². The predicted molar refractivity (Wildman–Crippen MR) is 95.9 cm³/mol. The molecule has 1 unspecified atom stereocenters. The molecule has 1 aliphatic heterocycles. The average molecular weight is 340 g/mol. The number of hydrogen-bond donors (Lipinski definition) is 0. The fourth-order valence-corrected chi connectivity index (χ4v) is 4.60. The van der Waals surface area contributed by atoms with Gasteiger partial charge in [0.1, 0.15) is 5.75 Å². The lowest BCUT2D eigenvalue weighted by Crippen LogP contribution is -2.26. The molecule has 0 amide bonds. The molecule has 6 heteroatoms. The molecule has 0 spiro atoms. The minimum atomic E-state index is -0.199. The SMILES string of the molecule is CC1c2ccccc2N=C(CSc2nc3ccccc3s2)[N+]1=O. The number of thiazole rings is 1. The first kappa shape index (κ1) is 14.5. The zero-order valence-corrected chi connectivity index (χ0v) is 14.1. The lowest BCUT2D eigenvalue weighted by Gasteiger charge is -2.13. The standard InChI is InChI=1S/C17H14N3OS2/c1-11-12-6-2-3-7-13(12)18-16(20(11)21)10-22-17-19-14-8-4-5-9-15(14)23-17/h2-9,11H,10H2,1H3/q+1. The third-order valence-electron chi connectivity index (χ3n) is 3.84. The second kappa shape index (κ2) is 5.86. The Hall–Kier alpha value is -2.05. The molecule has 1 atom stereocenters. The summed E-state index contributed by atoms with van der Waals surface area (Å²) in [5.41, 5.74) is 2.88. The molecule has 4 rings (SSSR count). The Balaban J connectivity index is 1.59. The Morgan fingerprint density at radius 1 is 1.17 bits per heavy atom. The van der Waals surface area contributed by atoms with E-state index in [1.165, 1.54) is 4.70 Å². The van der Waals surface area contributed by atoms with E-state index >= 15 is 0 Å². The number of aromatic nitrogens is 1. The summed E-state index contributed by atoms with van der Waals surface area (Å²) in [5, 5.41) is 0. The number of aliphatic imine (C=N–C) groups is 1. The van der Waals surface area contributed by atoms with Gasteiger partial charge in [0, 0.05) is 0 Å². The summed E-state index contributed by atoms with van der Waals surface area (Å²) in [6.45, 7) is 1.92. The summed E-state index contributed by atoms with van der Waals surface area (Å²) in [6, 6.07) is 15.7. The first-order valence-corrected chi connectivity index (χ1v) is 9.14. The Kier molecular flexibility index (Phi) is 3.71. The van der Waals surface area contributed by atoms with Crippen LogP contribution in [0.4, 0.5) is 5.69 Å².